The highest BCUT2D eigenvalue weighted by atomic mass is 16.2. The lowest BCUT2D eigenvalue weighted by Gasteiger charge is -2.46. The Morgan fingerprint density at radius 2 is 2.17 bits per heavy atom. The number of fused-ring (bicyclic) bond motifs is 1. The highest BCUT2D eigenvalue weighted by Gasteiger charge is 2.43. The van der Waals surface area contributed by atoms with E-state index in [0.717, 1.165) is 37.1 Å². The third kappa shape index (κ3) is 2.78. The van der Waals surface area contributed by atoms with Gasteiger partial charge in [0.15, 0.2) is 0 Å². The molecule has 0 unspecified atom stereocenters. The third-order valence-corrected chi connectivity index (χ3v) is 5.23. The van der Waals surface area contributed by atoms with Crippen molar-refractivity contribution >= 4 is 11.8 Å². The molecule has 1 aromatic rings. The molecule has 3 rings (SSSR count). The Morgan fingerprint density at radius 3 is 2.87 bits per heavy atom. The van der Waals surface area contributed by atoms with Gasteiger partial charge in [0, 0.05) is 43.9 Å². The molecule has 1 fully saturated rings. The van der Waals surface area contributed by atoms with Crippen LogP contribution in [-0.4, -0.2) is 40.1 Å². The van der Waals surface area contributed by atoms with Crippen LogP contribution in [0.4, 0.5) is 0 Å². The Labute approximate surface area is 136 Å². The van der Waals surface area contributed by atoms with Crippen molar-refractivity contribution in [3.8, 4) is 0 Å². The van der Waals surface area contributed by atoms with Gasteiger partial charge in [0.25, 0.3) is 5.91 Å². The van der Waals surface area contributed by atoms with E-state index in [1.165, 1.54) is 0 Å². The Balaban J connectivity index is 1.75. The van der Waals surface area contributed by atoms with E-state index in [-0.39, 0.29) is 17.2 Å². The minimum atomic E-state index is -0.146. The number of carbonyl (C=O) groups excluding carboxylic acids is 2. The number of amides is 2. The molecule has 0 saturated carbocycles. The second kappa shape index (κ2) is 5.83. The average molecular weight is 316 g/mol. The Morgan fingerprint density at radius 1 is 1.39 bits per heavy atom. The van der Waals surface area contributed by atoms with E-state index in [9.17, 15) is 9.59 Å². The Hall–Kier alpha value is -2.11. The molecule has 0 radical (unpaired) electrons. The first-order chi connectivity index (χ1) is 10.9. The molecule has 1 saturated heterocycles. The van der Waals surface area contributed by atoms with E-state index < -0.39 is 0 Å². The minimum Gasteiger partial charge on any atom is -0.350 e. The van der Waals surface area contributed by atoms with Crippen LogP contribution < -0.4 is 5.32 Å². The van der Waals surface area contributed by atoms with Crippen LogP contribution in [-0.2, 0) is 11.8 Å². The lowest BCUT2D eigenvalue weighted by atomic mass is 9.70. The topological polar surface area (TPSA) is 67.2 Å². The van der Waals surface area contributed by atoms with Crippen molar-refractivity contribution in [3.05, 3.63) is 29.2 Å². The summed E-state index contributed by atoms with van der Waals surface area (Å²) in [6.07, 6.45) is 6.64. The fourth-order valence-corrected chi connectivity index (χ4v) is 3.70. The number of aryl methyl sites for hydroxylation is 2. The van der Waals surface area contributed by atoms with Crippen molar-refractivity contribution in [1.29, 1.82) is 0 Å². The van der Waals surface area contributed by atoms with E-state index in [0.29, 0.717) is 18.7 Å². The number of hydrogen-bond acceptors (Lipinski definition) is 3. The maximum atomic E-state index is 12.4. The van der Waals surface area contributed by atoms with E-state index in [2.05, 4.69) is 16.5 Å². The number of aromatic nitrogens is 2. The van der Waals surface area contributed by atoms with Gasteiger partial charge in [-0.15, -0.1) is 0 Å². The smallest absolute Gasteiger partial charge is 0.271 e. The second-order valence-electron chi connectivity index (χ2n) is 6.69. The predicted octanol–water partition coefficient (Wildman–Crippen LogP) is 1.76. The number of allylic oxidation sites excluding steroid dienone is 1. The lowest BCUT2D eigenvalue weighted by Crippen LogP contribution is -2.49. The van der Waals surface area contributed by atoms with Crippen LogP contribution in [0.5, 0.6) is 0 Å². The van der Waals surface area contributed by atoms with Gasteiger partial charge >= 0.3 is 0 Å². The maximum absolute atomic E-state index is 12.4. The first kappa shape index (κ1) is 15.8. The quantitative estimate of drug-likeness (QED) is 0.924. The van der Waals surface area contributed by atoms with Gasteiger partial charge in [-0.2, -0.15) is 5.10 Å². The van der Waals surface area contributed by atoms with Crippen LogP contribution in [0.2, 0.25) is 0 Å². The normalized spacial score (nSPS) is 24.2. The number of hydrogen-bond donors (Lipinski definition) is 1. The molecule has 6 heteroatoms. The number of carbonyl (C=O) groups is 2. The van der Waals surface area contributed by atoms with E-state index in [4.69, 9.17) is 0 Å². The number of piperidine rings is 1. The Kier molecular flexibility index (Phi) is 4.00. The van der Waals surface area contributed by atoms with Gasteiger partial charge in [-0.25, -0.2) is 0 Å². The van der Waals surface area contributed by atoms with Crippen LogP contribution in [0.15, 0.2) is 17.8 Å². The molecule has 2 amide bonds. The van der Waals surface area contributed by atoms with Crippen LogP contribution in [0, 0.1) is 12.3 Å². The van der Waals surface area contributed by atoms with Gasteiger partial charge in [-0.1, -0.05) is 6.08 Å². The average Bonchev–Trinajstić information content (AvgIpc) is 2.89. The van der Waals surface area contributed by atoms with E-state index in [1.807, 2.05) is 21.0 Å². The predicted molar refractivity (Wildman–Crippen MR) is 86.6 cm³/mol. The maximum Gasteiger partial charge on any atom is 0.271 e. The molecule has 0 spiro atoms. The summed E-state index contributed by atoms with van der Waals surface area (Å²) in [5.41, 5.74) is 2.37. The van der Waals surface area contributed by atoms with Gasteiger partial charge in [-0.3, -0.25) is 14.3 Å². The third-order valence-electron chi connectivity index (χ3n) is 5.23. The van der Waals surface area contributed by atoms with E-state index >= 15 is 0 Å². The van der Waals surface area contributed by atoms with Crippen molar-refractivity contribution in [3.63, 3.8) is 0 Å². The van der Waals surface area contributed by atoms with Gasteiger partial charge in [-0.05, 0) is 38.7 Å². The number of rotatable bonds is 3. The van der Waals surface area contributed by atoms with Crippen LogP contribution >= 0.6 is 0 Å². The zero-order valence-corrected chi connectivity index (χ0v) is 14.1. The van der Waals surface area contributed by atoms with Crippen molar-refractivity contribution in [1.82, 2.24) is 20.0 Å². The van der Waals surface area contributed by atoms with Gasteiger partial charge < -0.3 is 10.2 Å². The van der Waals surface area contributed by atoms with Crippen LogP contribution in [0.25, 0.3) is 0 Å². The van der Waals surface area contributed by atoms with E-state index in [1.54, 1.807) is 15.6 Å². The highest BCUT2D eigenvalue weighted by Crippen LogP contribution is 2.45. The van der Waals surface area contributed by atoms with Crippen molar-refractivity contribution in [2.24, 2.45) is 12.5 Å². The lowest BCUT2D eigenvalue weighted by molar-refractivity contribution is -0.132. The number of nitrogens with zero attached hydrogens (tertiary/aromatic N) is 3. The van der Waals surface area contributed by atoms with Crippen LogP contribution in [0.3, 0.4) is 0 Å². The molecule has 124 valence electrons. The molecule has 1 aliphatic carbocycles. The number of nitrogens with one attached hydrogen (secondary N) is 1. The SMILES string of the molecule is Cc1cc(C(=O)NC[C@@]23CCCC=C2N(C)C(=O)CC3)nn1C. The van der Waals surface area contributed by atoms with Gasteiger partial charge in [0.05, 0.1) is 0 Å². The molecule has 1 atom stereocenters. The zero-order valence-electron chi connectivity index (χ0n) is 14.1. The molecule has 0 aromatic carbocycles. The summed E-state index contributed by atoms with van der Waals surface area (Å²) >= 11 is 0. The molecule has 1 N–H and O–H groups in total. The Bertz CT molecular complexity index is 657. The largest absolute Gasteiger partial charge is 0.350 e. The monoisotopic (exact) mass is 316 g/mol. The summed E-state index contributed by atoms with van der Waals surface area (Å²) in [6.45, 7) is 2.48. The first-order valence-electron chi connectivity index (χ1n) is 8.19. The molecule has 2 heterocycles. The molecular formula is C17H24N4O2. The molecular weight excluding hydrogens is 292 g/mol. The summed E-state index contributed by atoms with van der Waals surface area (Å²) in [5, 5.41) is 7.27. The van der Waals surface area contributed by atoms with Crippen molar-refractivity contribution in [2.75, 3.05) is 13.6 Å². The fourth-order valence-electron chi connectivity index (χ4n) is 3.70. The molecule has 2 aliphatic rings. The summed E-state index contributed by atoms with van der Waals surface area (Å²) in [5.74, 6) is 0.0213. The molecule has 23 heavy (non-hydrogen) atoms. The second-order valence-corrected chi connectivity index (χ2v) is 6.69. The highest BCUT2D eigenvalue weighted by molar-refractivity contribution is 5.92. The fraction of sp³-hybridized carbons (Fsp3) is 0.588. The summed E-state index contributed by atoms with van der Waals surface area (Å²) in [6, 6.07) is 1.79. The van der Waals surface area contributed by atoms with Crippen molar-refractivity contribution < 1.29 is 9.59 Å². The molecule has 1 aliphatic heterocycles. The van der Waals surface area contributed by atoms with Crippen molar-refractivity contribution in [2.45, 2.75) is 39.0 Å². The summed E-state index contributed by atoms with van der Waals surface area (Å²) in [4.78, 5) is 26.1. The standard InChI is InChI=1S/C17H24N4O2/c1-12-10-13(19-21(12)3)16(23)18-11-17-8-5-4-6-14(17)20(2)15(22)7-9-17/h6,10H,4-5,7-9,11H2,1-3H3,(H,18,23)/t17-/m0/s1. The van der Waals surface area contributed by atoms with Crippen LogP contribution in [0.1, 0.15) is 48.3 Å². The minimum absolute atomic E-state index is 0.111. The molecule has 0 bridgehead atoms. The number of likely N-dealkylation sites (tertiary alicyclic amines) is 1. The van der Waals surface area contributed by atoms with Gasteiger partial charge in [0.1, 0.15) is 5.69 Å². The van der Waals surface area contributed by atoms with Gasteiger partial charge in [0.2, 0.25) is 5.91 Å². The molecule has 6 nitrogen and oxygen atoms in total. The summed E-state index contributed by atoms with van der Waals surface area (Å²) < 4.78 is 1.70. The first-order valence-corrected chi connectivity index (χ1v) is 8.19. The molecule has 1 aromatic heterocycles. The zero-order chi connectivity index (χ0) is 16.6. The summed E-state index contributed by atoms with van der Waals surface area (Å²) in [7, 11) is 3.67.